The smallest absolute Gasteiger partial charge is 0.227 e. The molecule has 1 saturated carbocycles. The maximum atomic E-state index is 12.4. The third-order valence-electron chi connectivity index (χ3n) is 4.22. The predicted molar refractivity (Wildman–Crippen MR) is 79.5 cm³/mol. The first kappa shape index (κ1) is 15.1. The number of thioether (sulfide) groups is 1. The second-order valence-corrected chi connectivity index (χ2v) is 6.56. The Labute approximate surface area is 120 Å². The number of carbonyl (C=O) groups excluding carboxylic acids is 1. The van der Waals surface area contributed by atoms with Gasteiger partial charge in [-0.3, -0.25) is 4.79 Å². The molecule has 4 nitrogen and oxygen atoms in total. The van der Waals surface area contributed by atoms with Crippen LogP contribution in [0.25, 0.3) is 0 Å². The Morgan fingerprint density at radius 1 is 1.26 bits per heavy atom. The van der Waals surface area contributed by atoms with Gasteiger partial charge in [-0.1, -0.05) is 19.8 Å². The summed E-state index contributed by atoms with van der Waals surface area (Å²) in [4.78, 5) is 12.4. The molecule has 1 aliphatic heterocycles. The second-order valence-electron chi connectivity index (χ2n) is 5.48. The van der Waals surface area contributed by atoms with E-state index in [2.05, 4.69) is 23.8 Å². The third-order valence-corrected chi connectivity index (χ3v) is 5.39. The van der Waals surface area contributed by atoms with Crippen molar-refractivity contribution in [2.75, 3.05) is 26.0 Å². The van der Waals surface area contributed by atoms with E-state index in [0.717, 1.165) is 13.0 Å². The molecule has 110 valence electrons. The molecule has 5 heteroatoms. The summed E-state index contributed by atoms with van der Waals surface area (Å²) in [5.41, 5.74) is 0. The highest BCUT2D eigenvalue weighted by atomic mass is 32.2. The van der Waals surface area contributed by atoms with Gasteiger partial charge in [0.15, 0.2) is 0 Å². The summed E-state index contributed by atoms with van der Waals surface area (Å²) in [6.45, 7) is 4.16. The Balaban J connectivity index is 1.88. The van der Waals surface area contributed by atoms with Gasteiger partial charge in [-0.05, 0) is 25.6 Å². The Hall–Kier alpha value is -0.260. The first-order valence-electron chi connectivity index (χ1n) is 7.40. The molecule has 0 spiro atoms. The molecule has 1 saturated heterocycles. The molecule has 0 aromatic rings. The van der Waals surface area contributed by atoms with Gasteiger partial charge in [0.25, 0.3) is 0 Å². The Morgan fingerprint density at radius 2 is 2.05 bits per heavy atom. The van der Waals surface area contributed by atoms with Crippen molar-refractivity contribution in [2.45, 2.75) is 49.9 Å². The number of rotatable bonds is 5. The molecule has 4 atom stereocenters. The minimum absolute atomic E-state index is 0.0237. The van der Waals surface area contributed by atoms with Crippen molar-refractivity contribution in [1.29, 1.82) is 0 Å². The molecular formula is C14H26N2O2S. The molecule has 2 aliphatic rings. The minimum atomic E-state index is -0.0237. The van der Waals surface area contributed by atoms with Crippen LogP contribution >= 0.6 is 11.8 Å². The first-order valence-corrected chi connectivity index (χ1v) is 8.69. The van der Waals surface area contributed by atoms with Gasteiger partial charge in [-0.15, -0.1) is 0 Å². The van der Waals surface area contributed by atoms with E-state index in [1.165, 1.54) is 19.3 Å². The average Bonchev–Trinajstić information content (AvgIpc) is 2.88. The number of hydrogen-bond acceptors (Lipinski definition) is 4. The normalized spacial score (nSPS) is 35.3. The lowest BCUT2D eigenvalue weighted by Gasteiger charge is -2.32. The lowest BCUT2D eigenvalue weighted by molar-refractivity contribution is -0.126. The van der Waals surface area contributed by atoms with E-state index in [1.807, 2.05) is 11.8 Å². The first-order chi connectivity index (χ1) is 9.26. The standard InChI is InChI=1S/C14H26N2O2S/c1-3-15-12-9-18-8-10(12)14(17)16-11-6-4-5-7-13(11)19-2/h10-13,15H,3-9H2,1-2H3,(H,16,17). The van der Waals surface area contributed by atoms with Gasteiger partial charge in [0, 0.05) is 17.3 Å². The molecule has 1 aliphatic carbocycles. The van der Waals surface area contributed by atoms with Crippen molar-refractivity contribution in [2.24, 2.45) is 5.92 Å². The second kappa shape index (κ2) is 7.50. The molecule has 2 rings (SSSR count). The summed E-state index contributed by atoms with van der Waals surface area (Å²) in [6.07, 6.45) is 7.03. The summed E-state index contributed by atoms with van der Waals surface area (Å²) >= 11 is 1.89. The highest BCUT2D eigenvalue weighted by molar-refractivity contribution is 7.99. The summed E-state index contributed by atoms with van der Waals surface area (Å²) in [5.74, 6) is 0.152. The van der Waals surface area contributed by atoms with E-state index in [9.17, 15) is 4.79 Å². The number of amides is 1. The van der Waals surface area contributed by atoms with Crippen LogP contribution < -0.4 is 10.6 Å². The van der Waals surface area contributed by atoms with Gasteiger partial charge in [0.2, 0.25) is 5.91 Å². The van der Waals surface area contributed by atoms with E-state index in [1.54, 1.807) is 0 Å². The van der Waals surface area contributed by atoms with Crippen molar-refractivity contribution >= 4 is 17.7 Å². The van der Waals surface area contributed by atoms with Crippen LogP contribution in [0.5, 0.6) is 0 Å². The lowest BCUT2D eigenvalue weighted by atomic mass is 9.93. The molecule has 4 unspecified atom stereocenters. The van der Waals surface area contributed by atoms with Crippen molar-refractivity contribution in [3.63, 3.8) is 0 Å². The number of likely N-dealkylation sites (N-methyl/N-ethyl adjacent to an activating group) is 1. The zero-order valence-electron chi connectivity index (χ0n) is 12.0. The summed E-state index contributed by atoms with van der Waals surface area (Å²) in [7, 11) is 0. The summed E-state index contributed by atoms with van der Waals surface area (Å²) in [5, 5.41) is 7.20. The van der Waals surface area contributed by atoms with E-state index in [0.29, 0.717) is 24.5 Å². The summed E-state index contributed by atoms with van der Waals surface area (Å²) < 4.78 is 5.46. The van der Waals surface area contributed by atoms with Gasteiger partial charge in [-0.2, -0.15) is 11.8 Å². The van der Waals surface area contributed by atoms with Crippen LogP contribution in [0, 0.1) is 5.92 Å². The molecule has 0 aromatic carbocycles. The van der Waals surface area contributed by atoms with Crippen LogP contribution in [0.3, 0.4) is 0 Å². The molecule has 19 heavy (non-hydrogen) atoms. The Morgan fingerprint density at radius 3 is 2.79 bits per heavy atom. The average molecular weight is 286 g/mol. The maximum absolute atomic E-state index is 12.4. The van der Waals surface area contributed by atoms with Gasteiger partial charge in [0.1, 0.15) is 0 Å². The van der Waals surface area contributed by atoms with E-state index in [-0.39, 0.29) is 17.9 Å². The highest BCUT2D eigenvalue weighted by Crippen LogP contribution is 2.27. The van der Waals surface area contributed by atoms with Gasteiger partial charge in [-0.25, -0.2) is 0 Å². The van der Waals surface area contributed by atoms with E-state index in [4.69, 9.17) is 4.74 Å². The Kier molecular flexibility index (Phi) is 5.98. The molecule has 2 fully saturated rings. The van der Waals surface area contributed by atoms with Crippen LogP contribution in [0.4, 0.5) is 0 Å². The van der Waals surface area contributed by atoms with Crippen LogP contribution in [-0.2, 0) is 9.53 Å². The summed E-state index contributed by atoms with van der Waals surface area (Å²) in [6, 6.07) is 0.528. The van der Waals surface area contributed by atoms with Gasteiger partial charge < -0.3 is 15.4 Å². The maximum Gasteiger partial charge on any atom is 0.227 e. The van der Waals surface area contributed by atoms with Crippen LogP contribution in [-0.4, -0.2) is 49.3 Å². The fourth-order valence-electron chi connectivity index (χ4n) is 3.11. The molecule has 0 radical (unpaired) electrons. The number of carbonyl (C=O) groups is 1. The Bertz CT molecular complexity index is 301. The molecule has 2 N–H and O–H groups in total. The monoisotopic (exact) mass is 286 g/mol. The van der Waals surface area contributed by atoms with Gasteiger partial charge in [0.05, 0.1) is 19.1 Å². The van der Waals surface area contributed by atoms with Crippen LogP contribution in [0.15, 0.2) is 0 Å². The number of nitrogens with one attached hydrogen (secondary N) is 2. The van der Waals surface area contributed by atoms with Gasteiger partial charge >= 0.3 is 0 Å². The molecule has 0 bridgehead atoms. The van der Waals surface area contributed by atoms with Crippen molar-refractivity contribution < 1.29 is 9.53 Å². The quantitative estimate of drug-likeness (QED) is 0.802. The fourth-order valence-corrected chi connectivity index (χ4v) is 4.04. The highest BCUT2D eigenvalue weighted by Gasteiger charge is 2.35. The van der Waals surface area contributed by atoms with Crippen LogP contribution in [0.1, 0.15) is 32.6 Å². The molecular weight excluding hydrogens is 260 g/mol. The zero-order chi connectivity index (χ0) is 13.7. The van der Waals surface area contributed by atoms with Crippen LogP contribution in [0.2, 0.25) is 0 Å². The molecule has 1 amide bonds. The largest absolute Gasteiger partial charge is 0.379 e. The van der Waals surface area contributed by atoms with E-state index < -0.39 is 0 Å². The number of hydrogen-bond donors (Lipinski definition) is 2. The minimum Gasteiger partial charge on any atom is -0.379 e. The molecule has 0 aromatic heterocycles. The predicted octanol–water partition coefficient (Wildman–Crippen LogP) is 1.40. The van der Waals surface area contributed by atoms with Crippen molar-refractivity contribution in [3.05, 3.63) is 0 Å². The SMILES string of the molecule is CCNC1COCC1C(=O)NC1CCCCC1SC. The lowest BCUT2D eigenvalue weighted by Crippen LogP contribution is -2.50. The van der Waals surface area contributed by atoms with E-state index >= 15 is 0 Å². The number of ether oxygens (including phenoxy) is 1. The molecule has 1 heterocycles. The van der Waals surface area contributed by atoms with Crippen molar-refractivity contribution in [1.82, 2.24) is 10.6 Å². The fraction of sp³-hybridized carbons (Fsp3) is 0.929. The topological polar surface area (TPSA) is 50.4 Å². The van der Waals surface area contributed by atoms with Crippen molar-refractivity contribution in [3.8, 4) is 0 Å². The third kappa shape index (κ3) is 3.86. The zero-order valence-corrected chi connectivity index (χ0v) is 12.8.